The number of alkyl halides is 3. The summed E-state index contributed by atoms with van der Waals surface area (Å²) in [5, 5.41) is 17.4. The molecule has 2 heterocycles. The molecule has 0 aliphatic heterocycles. The molecule has 160 valence electrons. The Hall–Kier alpha value is -3.12. The van der Waals surface area contributed by atoms with E-state index in [1.54, 1.807) is 35.7 Å². The van der Waals surface area contributed by atoms with Gasteiger partial charge in [0, 0.05) is 28.5 Å². The van der Waals surface area contributed by atoms with E-state index in [2.05, 4.69) is 15.6 Å². The summed E-state index contributed by atoms with van der Waals surface area (Å²) in [6.45, 7) is 0. The predicted molar refractivity (Wildman–Crippen MR) is 113 cm³/mol. The van der Waals surface area contributed by atoms with Crippen LogP contribution in [0, 0.1) is 11.3 Å². The Labute approximate surface area is 180 Å². The lowest BCUT2D eigenvalue weighted by Crippen LogP contribution is -2.40. The zero-order chi connectivity index (χ0) is 22.0. The van der Waals surface area contributed by atoms with E-state index in [0.29, 0.717) is 27.0 Å². The van der Waals surface area contributed by atoms with Crippen LogP contribution in [0.3, 0.4) is 0 Å². The van der Waals surface area contributed by atoms with Crippen molar-refractivity contribution >= 4 is 33.8 Å². The van der Waals surface area contributed by atoms with E-state index in [9.17, 15) is 18.0 Å². The number of nitriles is 1. The molecule has 0 bridgehead atoms. The number of pyridine rings is 1. The van der Waals surface area contributed by atoms with Crippen LogP contribution in [0.5, 0.6) is 0 Å². The molecule has 1 aliphatic carbocycles. The van der Waals surface area contributed by atoms with Crippen LogP contribution in [0.1, 0.15) is 46.6 Å². The summed E-state index contributed by atoms with van der Waals surface area (Å²) >= 11 is 1.23. The molecule has 2 N–H and O–H groups in total. The minimum atomic E-state index is -4.52. The van der Waals surface area contributed by atoms with Crippen LogP contribution >= 0.6 is 11.3 Å². The first-order valence-corrected chi connectivity index (χ1v) is 10.7. The number of carbonyl (C=O) groups is 1. The Morgan fingerprint density at radius 1 is 1.13 bits per heavy atom. The fourth-order valence-corrected chi connectivity index (χ4v) is 4.55. The normalized spacial score (nSPS) is 19.0. The summed E-state index contributed by atoms with van der Waals surface area (Å²) in [7, 11) is 0. The molecule has 0 saturated heterocycles. The Morgan fingerprint density at radius 3 is 2.52 bits per heavy atom. The summed E-state index contributed by atoms with van der Waals surface area (Å²) in [4.78, 5) is 16.6. The van der Waals surface area contributed by atoms with Crippen LogP contribution in [0.25, 0.3) is 10.9 Å². The minimum Gasteiger partial charge on any atom is -0.382 e. The number of fused-ring (bicyclic) bond motifs is 1. The average Bonchev–Trinajstić information content (AvgIpc) is 3.24. The number of halogens is 3. The molecule has 9 heteroatoms. The Kier molecular flexibility index (Phi) is 5.83. The molecule has 3 aromatic rings. The van der Waals surface area contributed by atoms with Crippen molar-refractivity contribution in [3.05, 3.63) is 57.9 Å². The van der Waals surface area contributed by atoms with Gasteiger partial charge in [-0.15, -0.1) is 11.3 Å². The molecule has 5 nitrogen and oxygen atoms in total. The molecule has 31 heavy (non-hydrogen) atoms. The van der Waals surface area contributed by atoms with Crippen molar-refractivity contribution < 1.29 is 18.0 Å². The zero-order valence-corrected chi connectivity index (χ0v) is 17.2. The van der Waals surface area contributed by atoms with Crippen molar-refractivity contribution in [2.45, 2.75) is 43.9 Å². The van der Waals surface area contributed by atoms with Gasteiger partial charge in [0.2, 0.25) is 0 Å². The van der Waals surface area contributed by atoms with E-state index in [-0.39, 0.29) is 18.0 Å². The first kappa shape index (κ1) is 21.1. The van der Waals surface area contributed by atoms with Gasteiger partial charge in [-0.2, -0.15) is 18.4 Å². The molecule has 0 unspecified atom stereocenters. The molecular formula is C22H19F3N4OS. The van der Waals surface area contributed by atoms with E-state index in [0.717, 1.165) is 31.7 Å². The summed E-state index contributed by atoms with van der Waals surface area (Å²) in [6, 6.07) is 11.4. The summed E-state index contributed by atoms with van der Waals surface area (Å²) in [6.07, 6.45) is -1.65. The number of nitrogens with one attached hydrogen (secondary N) is 2. The average molecular weight is 444 g/mol. The summed E-state index contributed by atoms with van der Waals surface area (Å²) < 4.78 is 39.8. The van der Waals surface area contributed by atoms with E-state index in [1.165, 1.54) is 11.3 Å². The van der Waals surface area contributed by atoms with Crippen LogP contribution in [0.15, 0.2) is 41.8 Å². The third-order valence-electron chi connectivity index (χ3n) is 5.38. The fourth-order valence-electron chi connectivity index (χ4n) is 3.81. The number of amides is 1. The van der Waals surface area contributed by atoms with Gasteiger partial charge in [0.25, 0.3) is 5.91 Å². The maximum absolute atomic E-state index is 13.3. The maximum Gasteiger partial charge on any atom is 0.433 e. The highest BCUT2D eigenvalue weighted by Gasteiger charge is 2.34. The first-order chi connectivity index (χ1) is 14.8. The molecule has 1 amide bonds. The quantitative estimate of drug-likeness (QED) is 0.569. The van der Waals surface area contributed by atoms with Crippen molar-refractivity contribution in [1.29, 1.82) is 5.26 Å². The highest BCUT2D eigenvalue weighted by atomic mass is 32.1. The van der Waals surface area contributed by atoms with Crippen molar-refractivity contribution in [2.75, 3.05) is 5.32 Å². The van der Waals surface area contributed by atoms with Gasteiger partial charge in [0.05, 0.1) is 16.0 Å². The van der Waals surface area contributed by atoms with E-state index in [1.807, 2.05) is 6.07 Å². The van der Waals surface area contributed by atoms with Crippen LogP contribution in [0.2, 0.25) is 0 Å². The minimum absolute atomic E-state index is 0.00175. The number of thiophene rings is 1. The van der Waals surface area contributed by atoms with Crippen molar-refractivity contribution in [3.63, 3.8) is 0 Å². The molecule has 1 aromatic carbocycles. The molecule has 0 radical (unpaired) electrons. The van der Waals surface area contributed by atoms with Crippen molar-refractivity contribution in [3.8, 4) is 6.07 Å². The van der Waals surface area contributed by atoms with Crippen molar-refractivity contribution in [2.24, 2.45) is 0 Å². The van der Waals surface area contributed by atoms with E-state index < -0.39 is 11.9 Å². The fraction of sp³-hybridized carbons (Fsp3) is 0.318. The smallest absolute Gasteiger partial charge is 0.382 e. The van der Waals surface area contributed by atoms with Gasteiger partial charge >= 0.3 is 6.18 Å². The lowest BCUT2D eigenvalue weighted by atomic mass is 9.90. The molecule has 1 saturated carbocycles. The Bertz CT molecular complexity index is 1140. The van der Waals surface area contributed by atoms with Gasteiger partial charge in [-0.1, -0.05) is 18.2 Å². The number of aromatic nitrogens is 1. The third kappa shape index (κ3) is 4.80. The van der Waals surface area contributed by atoms with E-state index >= 15 is 0 Å². The van der Waals surface area contributed by atoms with Crippen LogP contribution in [-0.4, -0.2) is 23.0 Å². The number of hydrogen-bond donors (Lipinski definition) is 2. The van der Waals surface area contributed by atoms with Gasteiger partial charge in [-0.25, -0.2) is 4.98 Å². The lowest BCUT2D eigenvalue weighted by molar-refractivity contribution is -0.140. The second-order valence-electron chi connectivity index (χ2n) is 7.55. The number of anilines is 1. The monoisotopic (exact) mass is 444 g/mol. The van der Waals surface area contributed by atoms with Gasteiger partial charge in [0.15, 0.2) is 0 Å². The lowest BCUT2D eigenvalue weighted by Gasteiger charge is -2.30. The summed E-state index contributed by atoms with van der Waals surface area (Å²) in [5.41, 5.74) is 0.273. The standard InChI is InChI=1S/C22H19F3N4OS/c23-22(24,25)20-10-18(16-3-1-2-4-17(16)29-20)27-14-5-7-15(8-6-14)28-21(30)19-9-13(11-26)12-31-19/h1-4,9-10,12,14-15H,5-8H2,(H,27,29)(H,28,30)/t14-,15+. The zero-order valence-electron chi connectivity index (χ0n) is 16.4. The van der Waals surface area contributed by atoms with Gasteiger partial charge in [-0.05, 0) is 43.9 Å². The third-order valence-corrected chi connectivity index (χ3v) is 6.31. The largest absolute Gasteiger partial charge is 0.433 e. The molecule has 0 spiro atoms. The topological polar surface area (TPSA) is 77.8 Å². The molecular weight excluding hydrogens is 425 g/mol. The number of hydrogen-bond acceptors (Lipinski definition) is 5. The first-order valence-electron chi connectivity index (χ1n) is 9.86. The molecule has 2 aromatic heterocycles. The van der Waals surface area contributed by atoms with Crippen LogP contribution in [0.4, 0.5) is 18.9 Å². The van der Waals surface area contributed by atoms with Crippen molar-refractivity contribution in [1.82, 2.24) is 10.3 Å². The number of para-hydroxylation sites is 1. The van der Waals surface area contributed by atoms with Crippen LogP contribution < -0.4 is 10.6 Å². The Morgan fingerprint density at radius 2 is 1.84 bits per heavy atom. The molecule has 0 atom stereocenters. The van der Waals surface area contributed by atoms with Gasteiger partial charge in [0.1, 0.15) is 11.8 Å². The molecule has 4 rings (SSSR count). The predicted octanol–water partition coefficient (Wildman–Crippen LogP) is 5.34. The number of rotatable bonds is 4. The number of carbonyl (C=O) groups excluding carboxylic acids is 1. The number of nitrogens with zero attached hydrogens (tertiary/aromatic N) is 2. The molecule has 1 aliphatic rings. The maximum atomic E-state index is 13.3. The summed E-state index contributed by atoms with van der Waals surface area (Å²) in [5.74, 6) is -0.196. The molecule has 1 fully saturated rings. The number of benzene rings is 1. The van der Waals surface area contributed by atoms with Gasteiger partial charge in [-0.3, -0.25) is 4.79 Å². The highest BCUT2D eigenvalue weighted by Crippen LogP contribution is 2.34. The SMILES string of the molecule is N#Cc1csc(C(=O)N[C@H]2CC[C@@H](Nc3cc(C(F)(F)F)nc4ccccc34)CC2)c1. The Balaban J connectivity index is 1.41. The van der Waals surface area contributed by atoms with E-state index in [4.69, 9.17) is 5.26 Å². The van der Waals surface area contributed by atoms with Gasteiger partial charge < -0.3 is 10.6 Å². The second kappa shape index (κ2) is 8.55. The van der Waals surface area contributed by atoms with Crippen LogP contribution in [-0.2, 0) is 6.18 Å². The highest BCUT2D eigenvalue weighted by molar-refractivity contribution is 7.12. The second-order valence-corrected chi connectivity index (χ2v) is 8.46.